The fourth-order valence-corrected chi connectivity index (χ4v) is 3.68. The minimum absolute atomic E-state index is 0.00299. The molecule has 0 aromatic carbocycles. The van der Waals surface area contributed by atoms with Crippen molar-refractivity contribution in [1.29, 1.82) is 0 Å². The molecule has 0 aromatic rings. The molecule has 0 bridgehead atoms. The lowest BCUT2D eigenvalue weighted by molar-refractivity contribution is -0.177. The molecule has 0 radical (unpaired) electrons. The monoisotopic (exact) mass is 268 g/mol. The maximum absolute atomic E-state index is 12.5. The Labute approximate surface area is 111 Å². The van der Waals surface area contributed by atoms with Gasteiger partial charge in [-0.1, -0.05) is 13.8 Å². The van der Waals surface area contributed by atoms with E-state index in [4.69, 9.17) is 15.6 Å². The quantitative estimate of drug-likeness (QED) is 0.661. The van der Waals surface area contributed by atoms with Crippen molar-refractivity contribution < 1.29 is 19.4 Å². The maximum Gasteiger partial charge on any atom is 0.329 e. The van der Waals surface area contributed by atoms with E-state index in [-0.39, 0.29) is 17.9 Å². The van der Waals surface area contributed by atoms with E-state index >= 15 is 0 Å². The third-order valence-electron chi connectivity index (χ3n) is 5.34. The molecule has 1 saturated heterocycles. The van der Waals surface area contributed by atoms with Crippen molar-refractivity contribution in [3.05, 3.63) is 0 Å². The lowest BCUT2D eigenvalue weighted by Gasteiger charge is -2.60. The number of amides is 1. The fraction of sp³-hybridized carbons (Fsp3) is 0.846. The standard InChI is InChI=1S/C13H20N2O4/c1-11(2)8-7(3-6-19-8)13(11,14)9(16)15-12(4-5-12)10(17)18/h7-8H,3-6,14H2,1-2H3,(H,15,16)(H,17,18). The summed E-state index contributed by atoms with van der Waals surface area (Å²) in [7, 11) is 0. The van der Waals surface area contributed by atoms with Gasteiger partial charge in [-0.2, -0.15) is 0 Å². The van der Waals surface area contributed by atoms with Crippen LogP contribution in [0.15, 0.2) is 0 Å². The van der Waals surface area contributed by atoms with Gasteiger partial charge >= 0.3 is 5.97 Å². The Kier molecular flexibility index (Phi) is 2.36. The van der Waals surface area contributed by atoms with Gasteiger partial charge in [0.25, 0.3) is 0 Å². The summed E-state index contributed by atoms with van der Waals surface area (Å²) in [4.78, 5) is 23.7. The smallest absolute Gasteiger partial charge is 0.329 e. The van der Waals surface area contributed by atoms with E-state index in [1.165, 1.54) is 0 Å². The Morgan fingerprint density at radius 1 is 1.37 bits per heavy atom. The Hall–Kier alpha value is -1.14. The number of ether oxygens (including phenoxy) is 1. The number of carboxylic acid groups (broad SMARTS) is 1. The first-order valence-corrected chi connectivity index (χ1v) is 6.72. The normalized spacial score (nSPS) is 41.0. The highest BCUT2D eigenvalue weighted by Crippen LogP contribution is 2.58. The van der Waals surface area contributed by atoms with Gasteiger partial charge < -0.3 is 20.9 Å². The van der Waals surface area contributed by atoms with Crippen LogP contribution in [0.3, 0.4) is 0 Å². The van der Waals surface area contributed by atoms with Crippen LogP contribution in [0.5, 0.6) is 0 Å². The number of carboxylic acids is 1. The number of carbonyl (C=O) groups excluding carboxylic acids is 1. The van der Waals surface area contributed by atoms with E-state index in [0.717, 1.165) is 6.42 Å². The molecule has 0 spiro atoms. The second-order valence-corrected chi connectivity index (χ2v) is 6.62. The molecule has 3 unspecified atom stereocenters. The summed E-state index contributed by atoms with van der Waals surface area (Å²) in [6.45, 7) is 4.45. The molecular formula is C13H20N2O4. The Morgan fingerprint density at radius 2 is 2.00 bits per heavy atom. The van der Waals surface area contributed by atoms with Crippen LogP contribution in [0.1, 0.15) is 33.1 Å². The maximum atomic E-state index is 12.5. The van der Waals surface area contributed by atoms with E-state index in [2.05, 4.69) is 5.32 Å². The summed E-state index contributed by atoms with van der Waals surface area (Å²) in [5.41, 5.74) is 3.79. The van der Waals surface area contributed by atoms with Crippen molar-refractivity contribution in [1.82, 2.24) is 5.32 Å². The van der Waals surface area contributed by atoms with Gasteiger partial charge in [-0.15, -0.1) is 0 Å². The molecule has 1 aliphatic heterocycles. The molecule has 2 aliphatic carbocycles. The molecule has 2 saturated carbocycles. The number of rotatable bonds is 3. The van der Waals surface area contributed by atoms with Crippen LogP contribution in [-0.2, 0) is 14.3 Å². The number of hydrogen-bond donors (Lipinski definition) is 3. The van der Waals surface area contributed by atoms with Crippen LogP contribution in [0.2, 0.25) is 0 Å². The van der Waals surface area contributed by atoms with Crippen LogP contribution >= 0.6 is 0 Å². The first kappa shape index (κ1) is 12.9. The topological polar surface area (TPSA) is 102 Å². The van der Waals surface area contributed by atoms with Crippen molar-refractivity contribution in [3.8, 4) is 0 Å². The Bertz CT molecular complexity index is 458. The fourth-order valence-electron chi connectivity index (χ4n) is 3.68. The summed E-state index contributed by atoms with van der Waals surface area (Å²) in [5, 5.41) is 11.8. The molecule has 19 heavy (non-hydrogen) atoms. The molecule has 6 nitrogen and oxygen atoms in total. The number of carbonyl (C=O) groups is 2. The highest BCUT2D eigenvalue weighted by Gasteiger charge is 2.72. The predicted octanol–water partition coefficient (Wildman–Crippen LogP) is -0.138. The zero-order valence-electron chi connectivity index (χ0n) is 11.2. The van der Waals surface area contributed by atoms with Crippen molar-refractivity contribution in [2.75, 3.05) is 6.61 Å². The van der Waals surface area contributed by atoms with Gasteiger partial charge in [0.05, 0.1) is 6.10 Å². The molecule has 1 amide bonds. The number of hydrogen-bond acceptors (Lipinski definition) is 4. The third-order valence-corrected chi connectivity index (χ3v) is 5.34. The largest absolute Gasteiger partial charge is 0.480 e. The second kappa shape index (κ2) is 3.49. The number of fused-ring (bicyclic) bond motifs is 1. The molecule has 3 fully saturated rings. The van der Waals surface area contributed by atoms with Gasteiger partial charge in [-0.25, -0.2) is 4.79 Å². The van der Waals surface area contributed by atoms with Crippen molar-refractivity contribution in [2.24, 2.45) is 17.1 Å². The summed E-state index contributed by atoms with van der Waals surface area (Å²) >= 11 is 0. The van der Waals surface area contributed by atoms with Gasteiger partial charge in [0.15, 0.2) is 0 Å². The summed E-state index contributed by atoms with van der Waals surface area (Å²) < 4.78 is 5.63. The predicted molar refractivity (Wildman–Crippen MR) is 66.3 cm³/mol. The first-order chi connectivity index (χ1) is 8.76. The lowest BCUT2D eigenvalue weighted by atomic mass is 9.48. The van der Waals surface area contributed by atoms with Gasteiger partial charge in [0.2, 0.25) is 5.91 Å². The average molecular weight is 268 g/mol. The van der Waals surface area contributed by atoms with Gasteiger partial charge in [0, 0.05) is 17.9 Å². The van der Waals surface area contributed by atoms with E-state index in [1.54, 1.807) is 0 Å². The Balaban J connectivity index is 1.81. The summed E-state index contributed by atoms with van der Waals surface area (Å²) in [5.74, 6) is -1.32. The number of aliphatic carboxylic acids is 1. The molecule has 0 aromatic heterocycles. The minimum atomic E-state index is -1.08. The number of nitrogens with two attached hydrogens (primary N) is 1. The van der Waals surface area contributed by atoms with Crippen LogP contribution < -0.4 is 11.1 Å². The molecule has 6 heteroatoms. The van der Waals surface area contributed by atoms with Crippen molar-refractivity contribution in [3.63, 3.8) is 0 Å². The van der Waals surface area contributed by atoms with Gasteiger partial charge in [0.1, 0.15) is 11.1 Å². The molecule has 3 atom stereocenters. The number of nitrogens with one attached hydrogen (secondary N) is 1. The second-order valence-electron chi connectivity index (χ2n) is 6.62. The SMILES string of the molecule is CC1(C)C2OCCC2C1(N)C(=O)NC1(C(=O)O)CC1. The third kappa shape index (κ3) is 1.38. The zero-order chi connectivity index (χ0) is 14.1. The van der Waals surface area contributed by atoms with Crippen LogP contribution in [-0.4, -0.2) is 40.8 Å². The van der Waals surface area contributed by atoms with Gasteiger partial charge in [-0.3, -0.25) is 4.79 Å². The molecule has 3 rings (SSSR count). The average Bonchev–Trinajstić information content (AvgIpc) is 2.96. The van der Waals surface area contributed by atoms with E-state index < -0.39 is 22.5 Å². The molecular weight excluding hydrogens is 248 g/mol. The summed E-state index contributed by atoms with van der Waals surface area (Å²) in [6.07, 6.45) is 1.73. The van der Waals surface area contributed by atoms with Crippen molar-refractivity contribution >= 4 is 11.9 Å². The lowest BCUT2D eigenvalue weighted by Crippen LogP contribution is -2.80. The van der Waals surface area contributed by atoms with Crippen LogP contribution in [0.25, 0.3) is 0 Å². The van der Waals surface area contributed by atoms with E-state index in [9.17, 15) is 9.59 Å². The molecule has 1 heterocycles. The highest BCUT2D eigenvalue weighted by atomic mass is 16.5. The Morgan fingerprint density at radius 3 is 2.53 bits per heavy atom. The van der Waals surface area contributed by atoms with Crippen LogP contribution in [0.4, 0.5) is 0 Å². The highest BCUT2D eigenvalue weighted by molar-refractivity contribution is 5.95. The zero-order valence-corrected chi connectivity index (χ0v) is 11.2. The molecule has 106 valence electrons. The van der Waals surface area contributed by atoms with Crippen molar-refractivity contribution in [2.45, 2.75) is 50.3 Å². The molecule has 3 aliphatic rings. The van der Waals surface area contributed by atoms with E-state index in [1.807, 2.05) is 13.8 Å². The summed E-state index contributed by atoms with van der Waals surface area (Å²) in [6, 6.07) is 0. The first-order valence-electron chi connectivity index (χ1n) is 6.72. The van der Waals surface area contributed by atoms with Gasteiger partial charge in [-0.05, 0) is 19.3 Å². The van der Waals surface area contributed by atoms with E-state index in [0.29, 0.717) is 19.4 Å². The minimum Gasteiger partial charge on any atom is -0.480 e. The van der Waals surface area contributed by atoms with Crippen LogP contribution in [0, 0.1) is 11.3 Å². The molecule has 4 N–H and O–H groups in total.